The topological polar surface area (TPSA) is 59.5 Å². The summed E-state index contributed by atoms with van der Waals surface area (Å²) in [4.78, 5) is 15.9. The Labute approximate surface area is 393 Å². The lowest BCUT2D eigenvalue weighted by molar-refractivity contribution is 0.662. The van der Waals surface area contributed by atoms with Crippen molar-refractivity contribution >= 4 is 55.4 Å². The number of benzene rings is 9. The van der Waals surface area contributed by atoms with Crippen LogP contribution in [0, 0.1) is 0 Å². The van der Waals surface area contributed by atoms with Gasteiger partial charge in [0, 0.05) is 43.9 Å². The van der Waals surface area contributed by atoms with Crippen molar-refractivity contribution in [2.45, 2.75) is 6.17 Å². The zero-order valence-electron chi connectivity index (χ0n) is 36.9. The summed E-state index contributed by atoms with van der Waals surface area (Å²) in [6.45, 7) is 0. The molecule has 0 fully saturated rings. The Bertz CT molecular complexity index is 3870. The van der Waals surface area contributed by atoms with Crippen molar-refractivity contribution in [3.63, 3.8) is 0 Å². The molecule has 6 nitrogen and oxygen atoms in total. The van der Waals surface area contributed by atoms with E-state index in [0.717, 1.165) is 99.8 Å². The molecule has 13 rings (SSSR count). The summed E-state index contributed by atoms with van der Waals surface area (Å²) in [7, 11) is 0. The Kier molecular flexibility index (Phi) is 9.46. The molecular weight excluding hydrogens is 829 g/mol. The standard InChI is InChI=1S/C62H42N6/c1-5-19-41(20-6-1)47-38-48(42-21-7-2-8-22-42)40-49(39-47)67-56-33-15-13-29-50(56)52-35-36-53-51-30-14-16-34-57(51)68(59(53)58(52)67)62-65-60(44-25-11-4-12-26-44)64-61(66-62)46-28-17-27-45(37-46)55-32-18-31-54(63-55)43-23-9-3-10-24-43/h1-40,61H,(H,64,65,66). The van der Waals surface area contributed by atoms with E-state index in [9.17, 15) is 0 Å². The fourth-order valence-electron chi connectivity index (χ4n) is 9.99. The third-order valence-corrected chi connectivity index (χ3v) is 13.1. The molecule has 68 heavy (non-hydrogen) atoms. The van der Waals surface area contributed by atoms with Crippen LogP contribution in [0.5, 0.6) is 0 Å². The van der Waals surface area contributed by atoms with Crippen LogP contribution >= 0.6 is 0 Å². The highest BCUT2D eigenvalue weighted by Crippen LogP contribution is 2.42. The Balaban J connectivity index is 1.05. The van der Waals surface area contributed by atoms with Gasteiger partial charge in [-0.2, -0.15) is 4.99 Å². The van der Waals surface area contributed by atoms with Gasteiger partial charge < -0.3 is 9.88 Å². The van der Waals surface area contributed by atoms with Gasteiger partial charge in [0.15, 0.2) is 5.84 Å². The van der Waals surface area contributed by atoms with Gasteiger partial charge in [-0.05, 0) is 76.3 Å². The van der Waals surface area contributed by atoms with E-state index >= 15 is 0 Å². The predicted octanol–water partition coefficient (Wildman–Crippen LogP) is 14.9. The molecule has 1 aliphatic rings. The minimum Gasteiger partial charge on any atom is -0.330 e. The number of aromatic nitrogens is 3. The SMILES string of the molecule is c1ccc(C2=NC(c3cccc(-c4cccc(-c5ccccc5)n4)c3)NC(n3c4ccccc4c4ccc5c6ccccc6n(-c6cc(-c7ccccc7)cc(-c7ccccc7)c6)c5c43)=N2)cc1. The molecule has 320 valence electrons. The average Bonchev–Trinajstić information content (AvgIpc) is 3.95. The first-order chi connectivity index (χ1) is 33.7. The van der Waals surface area contributed by atoms with Crippen LogP contribution in [0.25, 0.3) is 94.1 Å². The van der Waals surface area contributed by atoms with Crippen LogP contribution in [0.4, 0.5) is 0 Å². The van der Waals surface area contributed by atoms with Crippen LogP contribution in [0.3, 0.4) is 0 Å². The molecule has 1 N–H and O–H groups in total. The molecule has 0 spiro atoms. The average molecular weight is 871 g/mol. The van der Waals surface area contributed by atoms with Crippen LogP contribution in [0.2, 0.25) is 0 Å². The fourth-order valence-corrected chi connectivity index (χ4v) is 9.99. The summed E-state index contributed by atoms with van der Waals surface area (Å²) in [5.41, 5.74) is 15.9. The quantitative estimate of drug-likeness (QED) is 0.173. The van der Waals surface area contributed by atoms with Crippen LogP contribution in [-0.2, 0) is 0 Å². The molecule has 3 aromatic heterocycles. The molecule has 1 aliphatic heterocycles. The van der Waals surface area contributed by atoms with E-state index in [-0.39, 0.29) is 0 Å². The van der Waals surface area contributed by atoms with Crippen molar-refractivity contribution in [1.82, 2.24) is 19.4 Å². The molecule has 4 heterocycles. The number of nitrogens with zero attached hydrogens (tertiary/aromatic N) is 5. The van der Waals surface area contributed by atoms with Gasteiger partial charge in [0.2, 0.25) is 5.96 Å². The molecular formula is C62H42N6. The molecule has 0 bridgehead atoms. The van der Waals surface area contributed by atoms with Crippen molar-refractivity contribution in [1.29, 1.82) is 0 Å². The van der Waals surface area contributed by atoms with E-state index in [1.165, 1.54) is 5.39 Å². The van der Waals surface area contributed by atoms with Gasteiger partial charge in [0.05, 0.1) is 33.5 Å². The van der Waals surface area contributed by atoms with Gasteiger partial charge in [0.1, 0.15) is 6.17 Å². The molecule has 9 aromatic carbocycles. The third-order valence-electron chi connectivity index (χ3n) is 13.1. The van der Waals surface area contributed by atoms with E-state index in [4.69, 9.17) is 15.0 Å². The number of hydrogen-bond acceptors (Lipinski definition) is 4. The molecule has 0 saturated carbocycles. The Morgan fingerprint density at radius 3 is 1.46 bits per heavy atom. The number of amidine groups is 1. The van der Waals surface area contributed by atoms with Gasteiger partial charge in [-0.15, -0.1) is 0 Å². The monoisotopic (exact) mass is 870 g/mol. The number of nitrogens with one attached hydrogen (secondary N) is 1. The number of fused-ring (bicyclic) bond motifs is 7. The zero-order chi connectivity index (χ0) is 45.0. The van der Waals surface area contributed by atoms with Crippen molar-refractivity contribution in [2.24, 2.45) is 9.98 Å². The molecule has 0 radical (unpaired) electrons. The highest BCUT2D eigenvalue weighted by Gasteiger charge is 2.27. The maximum Gasteiger partial charge on any atom is 0.212 e. The number of aliphatic imine (C=N–C) groups is 2. The lowest BCUT2D eigenvalue weighted by atomic mass is 9.98. The maximum atomic E-state index is 5.46. The number of rotatable bonds is 7. The first-order valence-corrected chi connectivity index (χ1v) is 23.1. The van der Waals surface area contributed by atoms with Crippen molar-refractivity contribution in [2.75, 3.05) is 0 Å². The van der Waals surface area contributed by atoms with E-state index in [0.29, 0.717) is 11.8 Å². The molecule has 1 unspecified atom stereocenters. The maximum absolute atomic E-state index is 5.46. The number of hydrogen-bond donors (Lipinski definition) is 1. The molecule has 1 atom stereocenters. The summed E-state index contributed by atoms with van der Waals surface area (Å²) in [5, 5.41) is 8.50. The second-order valence-electron chi connectivity index (χ2n) is 17.3. The minimum absolute atomic E-state index is 0.466. The minimum atomic E-state index is -0.466. The van der Waals surface area contributed by atoms with E-state index in [1.807, 2.05) is 36.4 Å². The summed E-state index contributed by atoms with van der Waals surface area (Å²) in [5.74, 6) is 1.35. The Hall–Kier alpha value is -9.13. The molecule has 12 aromatic rings. The largest absolute Gasteiger partial charge is 0.330 e. The molecule has 0 saturated heterocycles. The summed E-state index contributed by atoms with van der Waals surface area (Å²) >= 11 is 0. The zero-order valence-corrected chi connectivity index (χ0v) is 36.9. The Morgan fingerprint density at radius 1 is 0.353 bits per heavy atom. The lowest BCUT2D eigenvalue weighted by Crippen LogP contribution is -2.37. The first-order valence-electron chi connectivity index (χ1n) is 23.1. The van der Waals surface area contributed by atoms with E-state index in [2.05, 4.69) is 221 Å². The van der Waals surface area contributed by atoms with Crippen LogP contribution < -0.4 is 5.32 Å². The second kappa shape index (κ2) is 16.4. The number of pyridine rings is 1. The van der Waals surface area contributed by atoms with Gasteiger partial charge in [-0.25, -0.2) is 9.98 Å². The van der Waals surface area contributed by atoms with E-state index in [1.54, 1.807) is 0 Å². The van der Waals surface area contributed by atoms with Gasteiger partial charge in [0.25, 0.3) is 0 Å². The molecule has 0 aliphatic carbocycles. The van der Waals surface area contributed by atoms with Gasteiger partial charge >= 0.3 is 0 Å². The normalized spacial score (nSPS) is 13.7. The van der Waals surface area contributed by atoms with Gasteiger partial charge in [-0.3, -0.25) is 4.57 Å². The van der Waals surface area contributed by atoms with Crippen molar-refractivity contribution in [3.05, 3.63) is 254 Å². The highest BCUT2D eigenvalue weighted by molar-refractivity contribution is 6.26. The summed E-state index contributed by atoms with van der Waals surface area (Å²) < 4.78 is 4.80. The lowest BCUT2D eigenvalue weighted by Gasteiger charge is -2.25. The fraction of sp³-hybridized carbons (Fsp3) is 0.0161. The van der Waals surface area contributed by atoms with Crippen LogP contribution in [0.15, 0.2) is 253 Å². The summed E-state index contributed by atoms with van der Waals surface area (Å²) in [6.07, 6.45) is -0.466. The predicted molar refractivity (Wildman–Crippen MR) is 281 cm³/mol. The molecule has 6 heteroatoms. The smallest absolute Gasteiger partial charge is 0.212 e. The molecule has 0 amide bonds. The van der Waals surface area contributed by atoms with E-state index < -0.39 is 6.17 Å². The second-order valence-corrected chi connectivity index (χ2v) is 17.3. The van der Waals surface area contributed by atoms with Crippen LogP contribution in [-0.4, -0.2) is 25.9 Å². The third kappa shape index (κ3) is 6.77. The highest BCUT2D eigenvalue weighted by atomic mass is 15.3. The first kappa shape index (κ1) is 39.3. The van der Waals surface area contributed by atoms with Crippen molar-refractivity contribution in [3.8, 4) is 50.5 Å². The van der Waals surface area contributed by atoms with Gasteiger partial charge in [-0.1, -0.05) is 194 Å². The number of para-hydroxylation sites is 2. The Morgan fingerprint density at radius 2 is 0.838 bits per heavy atom. The van der Waals surface area contributed by atoms with Crippen LogP contribution in [0.1, 0.15) is 17.3 Å². The van der Waals surface area contributed by atoms with Crippen molar-refractivity contribution < 1.29 is 0 Å². The summed E-state index contributed by atoms with van der Waals surface area (Å²) in [6, 6.07) is 85.8.